The number of ether oxygens (including phenoxy) is 1. The number of hydrogen-bond acceptors (Lipinski definition) is 4. The van der Waals surface area contributed by atoms with Crippen molar-refractivity contribution in [2.24, 2.45) is 10.7 Å². The van der Waals surface area contributed by atoms with E-state index < -0.39 is 0 Å². The topological polar surface area (TPSA) is 57.3 Å². The predicted molar refractivity (Wildman–Crippen MR) is 132 cm³/mol. The second-order valence-corrected chi connectivity index (χ2v) is 7.37. The molecule has 0 amide bonds. The van der Waals surface area contributed by atoms with Crippen LogP contribution in [0, 0.1) is 5.82 Å². The molecule has 0 radical (unpaired) electrons. The molecule has 164 valence electrons. The minimum atomic E-state index is -0.214. The monoisotopic (exact) mass is 527 g/mol. The SMILES string of the molecule is COc1ccccc1C(CN=C(N)N1CCN(c2ccc(F)cc2)CC1)N(C)C.I. The molecule has 1 atom stereocenters. The smallest absolute Gasteiger partial charge is 0.191 e. The van der Waals surface area contributed by atoms with Crippen LogP contribution in [-0.4, -0.2) is 69.7 Å². The van der Waals surface area contributed by atoms with Crippen molar-refractivity contribution in [3.63, 3.8) is 0 Å². The number of guanidine groups is 1. The van der Waals surface area contributed by atoms with E-state index in [0.29, 0.717) is 12.5 Å². The molecule has 1 heterocycles. The Morgan fingerprint density at radius 3 is 2.33 bits per heavy atom. The van der Waals surface area contributed by atoms with Crippen LogP contribution in [0.1, 0.15) is 11.6 Å². The molecule has 2 aromatic carbocycles. The lowest BCUT2D eigenvalue weighted by atomic mass is 10.0. The van der Waals surface area contributed by atoms with Crippen LogP contribution < -0.4 is 15.4 Å². The van der Waals surface area contributed by atoms with Gasteiger partial charge in [-0.25, -0.2) is 4.39 Å². The van der Waals surface area contributed by atoms with Crippen molar-refractivity contribution in [3.8, 4) is 5.75 Å². The first kappa shape index (κ1) is 24.2. The van der Waals surface area contributed by atoms with Crippen LogP contribution in [0.3, 0.4) is 0 Å². The van der Waals surface area contributed by atoms with E-state index >= 15 is 0 Å². The molecular formula is C22H31FIN5O. The van der Waals surface area contributed by atoms with Crippen molar-refractivity contribution in [2.75, 3.05) is 58.8 Å². The van der Waals surface area contributed by atoms with E-state index in [-0.39, 0.29) is 35.8 Å². The van der Waals surface area contributed by atoms with Gasteiger partial charge in [-0.2, -0.15) is 0 Å². The third kappa shape index (κ3) is 5.98. The van der Waals surface area contributed by atoms with Crippen LogP contribution in [0.15, 0.2) is 53.5 Å². The van der Waals surface area contributed by atoms with E-state index in [9.17, 15) is 4.39 Å². The Balaban J connectivity index is 0.00000320. The Kier molecular flexibility index (Phi) is 9.16. The maximum absolute atomic E-state index is 13.1. The van der Waals surface area contributed by atoms with Gasteiger partial charge in [-0.05, 0) is 44.4 Å². The van der Waals surface area contributed by atoms with Gasteiger partial charge in [-0.15, -0.1) is 24.0 Å². The minimum Gasteiger partial charge on any atom is -0.496 e. The van der Waals surface area contributed by atoms with Gasteiger partial charge in [0.1, 0.15) is 11.6 Å². The fourth-order valence-corrected chi connectivity index (χ4v) is 3.61. The zero-order valence-corrected chi connectivity index (χ0v) is 20.1. The number of nitrogens with zero attached hydrogens (tertiary/aromatic N) is 4. The molecule has 2 N–H and O–H groups in total. The number of halogens is 2. The molecule has 2 aromatic rings. The molecule has 1 unspecified atom stereocenters. The summed E-state index contributed by atoms with van der Waals surface area (Å²) in [6, 6.07) is 14.7. The van der Waals surface area contributed by atoms with Crippen LogP contribution in [-0.2, 0) is 0 Å². The predicted octanol–water partition coefficient (Wildman–Crippen LogP) is 3.19. The average molecular weight is 527 g/mol. The van der Waals surface area contributed by atoms with Gasteiger partial charge in [0.2, 0.25) is 0 Å². The lowest BCUT2D eigenvalue weighted by Crippen LogP contribution is -2.51. The third-order valence-corrected chi connectivity index (χ3v) is 5.34. The largest absolute Gasteiger partial charge is 0.496 e. The summed E-state index contributed by atoms with van der Waals surface area (Å²) in [4.78, 5) is 11.2. The summed E-state index contributed by atoms with van der Waals surface area (Å²) >= 11 is 0. The number of rotatable bonds is 6. The summed E-state index contributed by atoms with van der Waals surface area (Å²) in [7, 11) is 5.75. The highest BCUT2D eigenvalue weighted by Crippen LogP contribution is 2.28. The second kappa shape index (κ2) is 11.4. The molecule has 1 saturated heterocycles. The molecular weight excluding hydrogens is 496 g/mol. The number of nitrogens with two attached hydrogens (primary N) is 1. The molecule has 0 aromatic heterocycles. The molecule has 0 aliphatic carbocycles. The van der Waals surface area contributed by atoms with E-state index in [2.05, 4.69) is 25.8 Å². The Morgan fingerprint density at radius 1 is 1.10 bits per heavy atom. The van der Waals surface area contributed by atoms with Crippen LogP contribution in [0.4, 0.5) is 10.1 Å². The van der Waals surface area contributed by atoms with Crippen LogP contribution in [0.2, 0.25) is 0 Å². The molecule has 30 heavy (non-hydrogen) atoms. The zero-order chi connectivity index (χ0) is 20.8. The Hall–Kier alpha value is -2.07. The molecule has 1 aliphatic rings. The van der Waals surface area contributed by atoms with Crippen LogP contribution in [0.25, 0.3) is 0 Å². The summed E-state index contributed by atoms with van der Waals surface area (Å²) < 4.78 is 18.6. The van der Waals surface area contributed by atoms with Crippen molar-refractivity contribution >= 4 is 35.6 Å². The molecule has 8 heteroatoms. The van der Waals surface area contributed by atoms with Crippen molar-refractivity contribution in [1.82, 2.24) is 9.80 Å². The standard InChI is InChI=1S/C22H30FN5O.HI/c1-26(2)20(19-6-4-5-7-21(19)29-3)16-25-22(24)28-14-12-27(13-15-28)18-10-8-17(23)9-11-18;/h4-11,20H,12-16H2,1-3H3,(H2,24,25);1H. The van der Waals surface area contributed by atoms with Gasteiger partial charge in [0.05, 0.1) is 19.7 Å². The van der Waals surface area contributed by atoms with Gasteiger partial charge in [0.25, 0.3) is 0 Å². The Bertz CT molecular complexity index is 823. The highest BCUT2D eigenvalue weighted by Gasteiger charge is 2.21. The first-order valence-corrected chi connectivity index (χ1v) is 9.84. The summed E-state index contributed by atoms with van der Waals surface area (Å²) in [5.74, 6) is 1.20. The number of aliphatic imine (C=N–C) groups is 1. The fraction of sp³-hybridized carbons (Fsp3) is 0.409. The average Bonchev–Trinajstić information content (AvgIpc) is 2.74. The summed E-state index contributed by atoms with van der Waals surface area (Å²) in [5.41, 5.74) is 8.44. The summed E-state index contributed by atoms with van der Waals surface area (Å²) in [6.07, 6.45) is 0. The highest BCUT2D eigenvalue weighted by atomic mass is 127. The molecule has 0 spiro atoms. The highest BCUT2D eigenvalue weighted by molar-refractivity contribution is 14.0. The van der Waals surface area contributed by atoms with Crippen molar-refractivity contribution in [2.45, 2.75) is 6.04 Å². The number of para-hydroxylation sites is 1. The number of methoxy groups -OCH3 is 1. The normalized spacial score (nSPS) is 15.7. The zero-order valence-electron chi connectivity index (χ0n) is 17.8. The van der Waals surface area contributed by atoms with Gasteiger partial charge < -0.3 is 25.2 Å². The van der Waals surface area contributed by atoms with E-state index in [1.807, 2.05) is 44.4 Å². The maximum Gasteiger partial charge on any atom is 0.191 e. The Labute approximate surface area is 195 Å². The van der Waals surface area contributed by atoms with Crippen molar-refractivity contribution in [3.05, 3.63) is 59.9 Å². The van der Waals surface area contributed by atoms with Gasteiger partial charge >= 0.3 is 0 Å². The number of benzene rings is 2. The lowest BCUT2D eigenvalue weighted by Gasteiger charge is -2.36. The number of anilines is 1. The first-order chi connectivity index (χ1) is 14.0. The van der Waals surface area contributed by atoms with E-state index in [4.69, 9.17) is 10.5 Å². The summed E-state index contributed by atoms with van der Waals surface area (Å²) in [5, 5.41) is 0. The molecule has 0 saturated carbocycles. The first-order valence-electron chi connectivity index (χ1n) is 9.84. The van der Waals surface area contributed by atoms with Gasteiger partial charge in [0, 0.05) is 37.4 Å². The minimum absolute atomic E-state index is 0. The fourth-order valence-electron chi connectivity index (χ4n) is 3.61. The second-order valence-electron chi connectivity index (χ2n) is 7.37. The molecule has 0 bridgehead atoms. The summed E-state index contributed by atoms with van der Waals surface area (Å²) in [6.45, 7) is 3.77. The van der Waals surface area contributed by atoms with Crippen molar-refractivity contribution in [1.29, 1.82) is 0 Å². The number of likely N-dealkylation sites (N-methyl/N-ethyl adjacent to an activating group) is 1. The van der Waals surface area contributed by atoms with Crippen molar-refractivity contribution < 1.29 is 9.13 Å². The quantitative estimate of drug-likeness (QED) is 0.356. The van der Waals surface area contributed by atoms with E-state index in [1.165, 1.54) is 12.1 Å². The maximum atomic E-state index is 13.1. The number of piperazine rings is 1. The molecule has 3 rings (SSSR count). The van der Waals surface area contributed by atoms with Crippen LogP contribution >= 0.6 is 24.0 Å². The molecule has 6 nitrogen and oxygen atoms in total. The molecule has 1 aliphatic heterocycles. The van der Waals surface area contributed by atoms with Gasteiger partial charge in [0.15, 0.2) is 5.96 Å². The van der Waals surface area contributed by atoms with E-state index in [1.54, 1.807) is 7.11 Å². The molecule has 1 fully saturated rings. The van der Waals surface area contributed by atoms with E-state index in [0.717, 1.165) is 43.2 Å². The number of hydrogen-bond donors (Lipinski definition) is 1. The van der Waals surface area contributed by atoms with Crippen LogP contribution in [0.5, 0.6) is 5.75 Å². The lowest BCUT2D eigenvalue weighted by molar-refractivity contribution is 0.293. The van der Waals surface area contributed by atoms with Gasteiger partial charge in [-0.3, -0.25) is 4.99 Å². The third-order valence-electron chi connectivity index (χ3n) is 5.34. The van der Waals surface area contributed by atoms with Gasteiger partial charge in [-0.1, -0.05) is 18.2 Å². The Morgan fingerprint density at radius 2 is 1.73 bits per heavy atom.